The van der Waals surface area contributed by atoms with Gasteiger partial charge in [-0.3, -0.25) is 19.7 Å². The molecule has 0 aromatic heterocycles. The second kappa shape index (κ2) is 6.29. The molecule has 7 nitrogen and oxygen atoms in total. The van der Waals surface area contributed by atoms with Crippen molar-refractivity contribution in [3.63, 3.8) is 0 Å². The highest BCUT2D eigenvalue weighted by Gasteiger charge is 2.20. The summed E-state index contributed by atoms with van der Waals surface area (Å²) in [4.78, 5) is 34.9. The predicted octanol–water partition coefficient (Wildman–Crippen LogP) is 1.09. The molecule has 1 aliphatic heterocycles. The summed E-state index contributed by atoms with van der Waals surface area (Å²) >= 11 is 0. The lowest BCUT2D eigenvalue weighted by molar-refractivity contribution is -0.387. The van der Waals surface area contributed by atoms with Crippen molar-refractivity contribution < 1.29 is 18.9 Å². The molecule has 1 saturated heterocycles. The maximum absolute atomic E-state index is 13.2. The van der Waals surface area contributed by atoms with Crippen LogP contribution in [0, 0.1) is 15.9 Å². The van der Waals surface area contributed by atoms with Gasteiger partial charge in [0.2, 0.25) is 11.7 Å². The molecule has 1 aliphatic rings. The topological polar surface area (TPSA) is 92.6 Å². The Morgan fingerprint density at radius 2 is 2.00 bits per heavy atom. The monoisotopic (exact) mass is 295 g/mol. The van der Waals surface area contributed by atoms with Gasteiger partial charge in [0.25, 0.3) is 5.91 Å². The van der Waals surface area contributed by atoms with Crippen molar-refractivity contribution in [1.29, 1.82) is 0 Å². The number of nitrogens with zero attached hydrogens (tertiary/aromatic N) is 2. The number of nitro benzene ring substituents is 1. The number of nitro groups is 1. The molecule has 0 unspecified atom stereocenters. The highest BCUT2D eigenvalue weighted by molar-refractivity contribution is 5.97. The molecule has 0 spiro atoms. The molecule has 1 heterocycles. The van der Waals surface area contributed by atoms with Gasteiger partial charge in [0.15, 0.2) is 0 Å². The van der Waals surface area contributed by atoms with Crippen molar-refractivity contribution in [1.82, 2.24) is 10.2 Å². The van der Waals surface area contributed by atoms with E-state index < -0.39 is 22.3 Å². The van der Waals surface area contributed by atoms with Gasteiger partial charge in [0.1, 0.15) is 0 Å². The second-order valence-electron chi connectivity index (χ2n) is 4.69. The molecule has 1 aromatic rings. The molecule has 2 amide bonds. The third-order valence-corrected chi connectivity index (χ3v) is 3.26. The van der Waals surface area contributed by atoms with E-state index in [0.29, 0.717) is 13.1 Å². The second-order valence-corrected chi connectivity index (χ2v) is 4.69. The molecular weight excluding hydrogens is 281 g/mol. The van der Waals surface area contributed by atoms with Crippen molar-refractivity contribution in [3.05, 3.63) is 39.7 Å². The van der Waals surface area contributed by atoms with Gasteiger partial charge in [-0.25, -0.2) is 0 Å². The van der Waals surface area contributed by atoms with Crippen molar-refractivity contribution in [2.24, 2.45) is 0 Å². The Labute approximate surface area is 119 Å². The number of rotatable bonds is 4. The van der Waals surface area contributed by atoms with E-state index in [1.54, 1.807) is 4.90 Å². The van der Waals surface area contributed by atoms with Gasteiger partial charge >= 0.3 is 5.69 Å². The fourth-order valence-electron chi connectivity index (χ4n) is 2.13. The minimum atomic E-state index is -1.01. The van der Waals surface area contributed by atoms with E-state index in [0.717, 1.165) is 31.0 Å². The average Bonchev–Trinajstić information content (AvgIpc) is 2.98. The lowest BCUT2D eigenvalue weighted by atomic mass is 10.2. The van der Waals surface area contributed by atoms with Gasteiger partial charge in [-0.15, -0.1) is 0 Å². The number of hydrogen-bond acceptors (Lipinski definition) is 4. The summed E-state index contributed by atoms with van der Waals surface area (Å²) in [6.45, 7) is 1.18. The molecule has 0 aliphatic carbocycles. The van der Waals surface area contributed by atoms with Crippen molar-refractivity contribution >= 4 is 17.5 Å². The van der Waals surface area contributed by atoms with Crippen LogP contribution in [0.4, 0.5) is 10.1 Å². The van der Waals surface area contributed by atoms with Crippen LogP contribution in [0.2, 0.25) is 0 Å². The third kappa shape index (κ3) is 3.53. The zero-order chi connectivity index (χ0) is 15.4. The Hall–Kier alpha value is -2.51. The highest BCUT2D eigenvalue weighted by Crippen LogP contribution is 2.18. The molecule has 1 aromatic carbocycles. The Kier molecular flexibility index (Phi) is 4.46. The van der Waals surface area contributed by atoms with Gasteiger partial charge < -0.3 is 10.2 Å². The Morgan fingerprint density at radius 3 is 2.62 bits per heavy atom. The minimum Gasteiger partial charge on any atom is -0.343 e. The van der Waals surface area contributed by atoms with Gasteiger partial charge in [-0.2, -0.15) is 4.39 Å². The summed E-state index contributed by atoms with van der Waals surface area (Å²) < 4.78 is 13.2. The number of carbonyl (C=O) groups is 2. The van der Waals surface area contributed by atoms with Crippen molar-refractivity contribution in [3.8, 4) is 0 Å². The predicted molar refractivity (Wildman–Crippen MR) is 71.2 cm³/mol. The number of halogens is 1. The SMILES string of the molecule is O=C(NCC(=O)N1CCCC1)c1ccc(F)c([N+](=O)[O-])c1. The fourth-order valence-corrected chi connectivity index (χ4v) is 2.13. The first-order valence-electron chi connectivity index (χ1n) is 6.49. The number of amides is 2. The van der Waals surface area contributed by atoms with E-state index in [9.17, 15) is 24.1 Å². The molecule has 0 bridgehead atoms. The zero-order valence-corrected chi connectivity index (χ0v) is 11.2. The van der Waals surface area contributed by atoms with Crippen LogP contribution < -0.4 is 5.32 Å². The first-order chi connectivity index (χ1) is 9.99. The quantitative estimate of drug-likeness (QED) is 0.664. The number of likely N-dealkylation sites (tertiary alicyclic amines) is 1. The average molecular weight is 295 g/mol. The maximum Gasteiger partial charge on any atom is 0.305 e. The summed E-state index contributed by atoms with van der Waals surface area (Å²) in [5.41, 5.74) is -0.828. The number of carbonyl (C=O) groups excluding carboxylic acids is 2. The summed E-state index contributed by atoms with van der Waals surface area (Å²) in [6, 6.07) is 2.85. The van der Waals surface area contributed by atoms with E-state index in [4.69, 9.17) is 0 Å². The molecule has 8 heteroatoms. The fraction of sp³-hybridized carbons (Fsp3) is 0.385. The number of nitrogens with one attached hydrogen (secondary N) is 1. The van der Waals surface area contributed by atoms with Crippen LogP contribution in [-0.2, 0) is 4.79 Å². The molecule has 2 rings (SSSR count). The smallest absolute Gasteiger partial charge is 0.305 e. The molecule has 1 N–H and O–H groups in total. The zero-order valence-electron chi connectivity index (χ0n) is 11.2. The molecule has 0 atom stereocenters. The van der Waals surface area contributed by atoms with Crippen molar-refractivity contribution in [2.45, 2.75) is 12.8 Å². The van der Waals surface area contributed by atoms with Crippen molar-refractivity contribution in [2.75, 3.05) is 19.6 Å². The van der Waals surface area contributed by atoms with Crippen LogP contribution >= 0.6 is 0 Å². The highest BCUT2D eigenvalue weighted by atomic mass is 19.1. The first-order valence-corrected chi connectivity index (χ1v) is 6.49. The van der Waals surface area contributed by atoms with Crippen LogP contribution in [0.25, 0.3) is 0 Å². The van der Waals surface area contributed by atoms with E-state index in [1.165, 1.54) is 0 Å². The van der Waals surface area contributed by atoms with Crippen LogP contribution in [0.3, 0.4) is 0 Å². The minimum absolute atomic E-state index is 0.0580. The summed E-state index contributed by atoms with van der Waals surface area (Å²) in [5, 5.41) is 13.0. The van der Waals surface area contributed by atoms with Gasteiger partial charge in [0, 0.05) is 24.7 Å². The van der Waals surface area contributed by atoms with Gasteiger partial charge in [0.05, 0.1) is 11.5 Å². The molecule has 1 fully saturated rings. The number of hydrogen-bond donors (Lipinski definition) is 1. The van der Waals surface area contributed by atoms with Crippen LogP contribution in [0.15, 0.2) is 18.2 Å². The normalized spacial score (nSPS) is 14.0. The first kappa shape index (κ1) is 14.9. The summed E-state index contributed by atoms with van der Waals surface area (Å²) in [5.74, 6) is -1.85. The maximum atomic E-state index is 13.2. The summed E-state index contributed by atoms with van der Waals surface area (Å²) in [6.07, 6.45) is 1.90. The largest absolute Gasteiger partial charge is 0.343 e. The van der Waals surface area contributed by atoms with Gasteiger partial charge in [-0.05, 0) is 25.0 Å². The Morgan fingerprint density at radius 1 is 1.33 bits per heavy atom. The molecule has 21 heavy (non-hydrogen) atoms. The third-order valence-electron chi connectivity index (χ3n) is 3.26. The van der Waals surface area contributed by atoms with E-state index in [1.807, 2.05) is 0 Å². The Balaban J connectivity index is 1.98. The van der Waals surface area contributed by atoms with E-state index >= 15 is 0 Å². The number of benzene rings is 1. The molecule has 0 saturated carbocycles. The van der Waals surface area contributed by atoms with Crippen LogP contribution in [0.5, 0.6) is 0 Å². The molecule has 0 radical (unpaired) electrons. The lowest BCUT2D eigenvalue weighted by Crippen LogP contribution is -2.38. The standard InChI is InChI=1S/C13H14FN3O4/c14-10-4-3-9(7-11(10)17(20)21)13(19)15-8-12(18)16-5-1-2-6-16/h3-4,7H,1-2,5-6,8H2,(H,15,19). The molecular formula is C13H14FN3O4. The van der Waals surface area contributed by atoms with E-state index in [2.05, 4.69) is 5.32 Å². The van der Waals surface area contributed by atoms with Crippen LogP contribution in [-0.4, -0.2) is 41.3 Å². The van der Waals surface area contributed by atoms with Gasteiger partial charge in [-0.1, -0.05) is 0 Å². The Bertz CT molecular complexity index is 585. The van der Waals surface area contributed by atoms with Crippen LogP contribution in [0.1, 0.15) is 23.2 Å². The van der Waals surface area contributed by atoms with E-state index in [-0.39, 0.29) is 18.0 Å². The summed E-state index contributed by atoms with van der Waals surface area (Å²) in [7, 11) is 0. The molecule has 112 valence electrons. The lowest BCUT2D eigenvalue weighted by Gasteiger charge is -2.15.